The fraction of sp³-hybridized carbons (Fsp3) is 0.600. The maximum absolute atomic E-state index is 6.10. The van der Waals surface area contributed by atoms with Crippen LogP contribution in [0.5, 0.6) is 0 Å². The lowest BCUT2D eigenvalue weighted by Gasteiger charge is -2.32. The summed E-state index contributed by atoms with van der Waals surface area (Å²) in [6.45, 7) is 9.27. The minimum atomic E-state index is 0.203. The van der Waals surface area contributed by atoms with Crippen molar-refractivity contribution in [3.8, 4) is 0 Å². The van der Waals surface area contributed by atoms with Crippen LogP contribution in [0.25, 0.3) is 0 Å². The zero-order valence-electron chi connectivity index (χ0n) is 12.0. The summed E-state index contributed by atoms with van der Waals surface area (Å²) in [6, 6.07) is 6.00. The molecule has 0 saturated carbocycles. The molecule has 0 aliphatic rings. The van der Waals surface area contributed by atoms with Gasteiger partial charge in [0, 0.05) is 19.1 Å². The van der Waals surface area contributed by atoms with E-state index in [1.807, 2.05) is 18.2 Å². The molecule has 2 nitrogen and oxygen atoms in total. The van der Waals surface area contributed by atoms with Gasteiger partial charge in [-0.15, -0.1) is 0 Å². The quantitative estimate of drug-likeness (QED) is 0.811. The van der Waals surface area contributed by atoms with Crippen LogP contribution in [0.4, 0.5) is 0 Å². The Hall–Kier alpha value is -0.280. The summed E-state index contributed by atoms with van der Waals surface area (Å²) in [7, 11) is 0. The van der Waals surface area contributed by atoms with E-state index < -0.39 is 0 Å². The number of hydrogen-bond donors (Lipinski definition) is 1. The van der Waals surface area contributed by atoms with E-state index in [1.54, 1.807) is 0 Å². The summed E-state index contributed by atoms with van der Waals surface area (Å²) < 4.78 is 0. The predicted octanol–water partition coefficient (Wildman–Crippen LogP) is 4.36. The molecule has 1 aromatic rings. The van der Waals surface area contributed by atoms with Crippen LogP contribution in [0.3, 0.4) is 0 Å². The summed E-state index contributed by atoms with van der Waals surface area (Å²) in [5.41, 5.74) is 7.11. The SMILES string of the molecule is CCC(C)CN(CC)C(CN)c1ccc(Cl)c(Cl)c1. The molecule has 2 unspecified atom stereocenters. The molecule has 1 rings (SSSR count). The Morgan fingerprint density at radius 3 is 2.37 bits per heavy atom. The van der Waals surface area contributed by atoms with Gasteiger partial charge in [0.25, 0.3) is 0 Å². The second kappa shape index (κ2) is 8.11. The van der Waals surface area contributed by atoms with E-state index in [2.05, 4.69) is 25.7 Å². The number of benzene rings is 1. The molecule has 2 N–H and O–H groups in total. The zero-order valence-corrected chi connectivity index (χ0v) is 13.5. The van der Waals surface area contributed by atoms with Crippen LogP contribution in [0.15, 0.2) is 18.2 Å². The molecule has 0 aliphatic heterocycles. The second-order valence-corrected chi connectivity index (χ2v) is 5.84. The highest BCUT2D eigenvalue weighted by Crippen LogP contribution is 2.28. The number of rotatable bonds is 7. The van der Waals surface area contributed by atoms with Gasteiger partial charge in [0.05, 0.1) is 10.0 Å². The Balaban J connectivity index is 2.93. The Bertz CT molecular complexity index is 396. The van der Waals surface area contributed by atoms with Crippen LogP contribution < -0.4 is 5.73 Å². The Morgan fingerprint density at radius 1 is 1.21 bits per heavy atom. The topological polar surface area (TPSA) is 29.3 Å². The van der Waals surface area contributed by atoms with Gasteiger partial charge in [-0.2, -0.15) is 0 Å². The number of nitrogens with zero attached hydrogens (tertiary/aromatic N) is 1. The Morgan fingerprint density at radius 2 is 1.89 bits per heavy atom. The van der Waals surface area contributed by atoms with Crippen LogP contribution in [0, 0.1) is 5.92 Å². The third-order valence-corrected chi connectivity index (χ3v) is 4.38. The van der Waals surface area contributed by atoms with Crippen LogP contribution in [-0.4, -0.2) is 24.5 Å². The van der Waals surface area contributed by atoms with Crippen molar-refractivity contribution in [2.75, 3.05) is 19.6 Å². The van der Waals surface area contributed by atoms with Gasteiger partial charge in [0.1, 0.15) is 0 Å². The van der Waals surface area contributed by atoms with E-state index in [-0.39, 0.29) is 6.04 Å². The molecule has 0 amide bonds. The normalized spacial score (nSPS) is 14.7. The van der Waals surface area contributed by atoms with Crippen molar-refractivity contribution in [1.82, 2.24) is 4.90 Å². The maximum Gasteiger partial charge on any atom is 0.0595 e. The molecule has 0 fully saturated rings. The number of hydrogen-bond acceptors (Lipinski definition) is 2. The van der Waals surface area contributed by atoms with Crippen molar-refractivity contribution in [2.24, 2.45) is 11.7 Å². The van der Waals surface area contributed by atoms with Gasteiger partial charge in [-0.25, -0.2) is 0 Å². The highest BCUT2D eigenvalue weighted by Gasteiger charge is 2.19. The highest BCUT2D eigenvalue weighted by molar-refractivity contribution is 6.42. The first-order valence-electron chi connectivity index (χ1n) is 6.92. The fourth-order valence-electron chi connectivity index (χ4n) is 2.22. The van der Waals surface area contributed by atoms with E-state index in [9.17, 15) is 0 Å². The van der Waals surface area contributed by atoms with Gasteiger partial charge in [-0.05, 0) is 30.2 Å². The average molecular weight is 303 g/mol. The minimum absolute atomic E-state index is 0.203. The first kappa shape index (κ1) is 16.8. The van der Waals surface area contributed by atoms with Gasteiger partial charge < -0.3 is 5.73 Å². The van der Waals surface area contributed by atoms with E-state index in [0.29, 0.717) is 22.5 Å². The minimum Gasteiger partial charge on any atom is -0.329 e. The molecule has 1 aromatic carbocycles. The highest BCUT2D eigenvalue weighted by atomic mass is 35.5. The lowest BCUT2D eigenvalue weighted by molar-refractivity contribution is 0.182. The first-order chi connectivity index (χ1) is 9.03. The van der Waals surface area contributed by atoms with Crippen molar-refractivity contribution < 1.29 is 0 Å². The molecule has 4 heteroatoms. The molecule has 2 atom stereocenters. The van der Waals surface area contributed by atoms with Crippen LogP contribution in [0.2, 0.25) is 10.0 Å². The molecule has 0 aromatic heterocycles. The molecular weight excluding hydrogens is 279 g/mol. The van der Waals surface area contributed by atoms with Crippen molar-refractivity contribution in [1.29, 1.82) is 0 Å². The lowest BCUT2D eigenvalue weighted by Crippen LogP contribution is -2.36. The molecule has 0 bridgehead atoms. The predicted molar refractivity (Wildman–Crippen MR) is 85.0 cm³/mol. The number of halogens is 2. The number of likely N-dealkylation sites (N-methyl/N-ethyl adjacent to an activating group) is 1. The summed E-state index contributed by atoms with van der Waals surface area (Å²) in [4.78, 5) is 2.41. The largest absolute Gasteiger partial charge is 0.329 e. The van der Waals surface area contributed by atoms with Crippen molar-refractivity contribution in [3.63, 3.8) is 0 Å². The van der Waals surface area contributed by atoms with Crippen molar-refractivity contribution >= 4 is 23.2 Å². The molecule has 0 aliphatic carbocycles. The smallest absolute Gasteiger partial charge is 0.0595 e. The van der Waals surface area contributed by atoms with Gasteiger partial charge in [0.15, 0.2) is 0 Å². The maximum atomic E-state index is 6.10. The summed E-state index contributed by atoms with van der Waals surface area (Å²) in [5, 5.41) is 1.18. The molecule has 108 valence electrons. The van der Waals surface area contributed by atoms with E-state index in [0.717, 1.165) is 18.7 Å². The van der Waals surface area contributed by atoms with Crippen molar-refractivity contribution in [2.45, 2.75) is 33.2 Å². The first-order valence-corrected chi connectivity index (χ1v) is 7.68. The van der Waals surface area contributed by atoms with E-state index >= 15 is 0 Å². The van der Waals surface area contributed by atoms with E-state index in [4.69, 9.17) is 28.9 Å². The third kappa shape index (κ3) is 4.64. The lowest BCUT2D eigenvalue weighted by atomic mass is 10.0. The summed E-state index contributed by atoms with van der Waals surface area (Å²) >= 11 is 12.1. The van der Waals surface area contributed by atoms with Crippen LogP contribution >= 0.6 is 23.2 Å². The number of nitrogens with two attached hydrogens (primary N) is 1. The monoisotopic (exact) mass is 302 g/mol. The molecule has 0 radical (unpaired) electrons. The van der Waals surface area contributed by atoms with Crippen LogP contribution in [-0.2, 0) is 0 Å². The molecule has 19 heavy (non-hydrogen) atoms. The summed E-state index contributed by atoms with van der Waals surface area (Å²) in [5.74, 6) is 0.664. The van der Waals surface area contributed by atoms with Gasteiger partial charge >= 0.3 is 0 Å². The fourth-order valence-corrected chi connectivity index (χ4v) is 2.53. The summed E-state index contributed by atoms with van der Waals surface area (Å²) in [6.07, 6.45) is 1.18. The molecular formula is C15H24Cl2N2. The zero-order chi connectivity index (χ0) is 14.4. The standard InChI is InChI=1S/C15H24Cl2N2/c1-4-11(3)10-19(5-2)15(9-18)12-6-7-13(16)14(17)8-12/h6-8,11,15H,4-5,9-10,18H2,1-3H3. The Kier molecular flexibility index (Phi) is 7.16. The molecule has 0 heterocycles. The van der Waals surface area contributed by atoms with E-state index in [1.165, 1.54) is 6.42 Å². The average Bonchev–Trinajstić information content (AvgIpc) is 2.41. The molecule has 0 saturated heterocycles. The third-order valence-electron chi connectivity index (χ3n) is 3.64. The second-order valence-electron chi connectivity index (χ2n) is 5.03. The molecule has 0 spiro atoms. The van der Waals surface area contributed by atoms with Gasteiger partial charge in [0.2, 0.25) is 0 Å². The van der Waals surface area contributed by atoms with Crippen LogP contribution in [0.1, 0.15) is 38.8 Å². The van der Waals surface area contributed by atoms with Gasteiger partial charge in [-0.1, -0.05) is 56.5 Å². The van der Waals surface area contributed by atoms with Crippen molar-refractivity contribution in [3.05, 3.63) is 33.8 Å². The van der Waals surface area contributed by atoms with Gasteiger partial charge in [-0.3, -0.25) is 4.90 Å². The Labute approximate surface area is 126 Å².